The van der Waals surface area contributed by atoms with Crippen molar-refractivity contribution in [2.45, 2.75) is 124 Å². The number of aliphatic hydroxyl groups excluding tert-OH is 2. The van der Waals surface area contributed by atoms with Gasteiger partial charge in [-0.15, -0.1) is 0 Å². The molecular formula is C33H56O9. The highest BCUT2D eigenvalue weighted by atomic mass is 16.4. The molecule has 0 aliphatic heterocycles. The summed E-state index contributed by atoms with van der Waals surface area (Å²) in [5.41, 5.74) is 4.02. The van der Waals surface area contributed by atoms with E-state index in [9.17, 15) is 10.2 Å². The van der Waals surface area contributed by atoms with Gasteiger partial charge in [0.1, 0.15) is 6.61 Å². The fourth-order valence-electron chi connectivity index (χ4n) is 6.67. The number of carboxylic acid groups (broad SMARTS) is 3. The van der Waals surface area contributed by atoms with Gasteiger partial charge in [-0.2, -0.15) is 0 Å². The Kier molecular flexibility index (Phi) is 17.8. The molecule has 1 unspecified atom stereocenters. The second-order valence-electron chi connectivity index (χ2n) is 12.8. The lowest BCUT2D eigenvalue weighted by molar-refractivity contribution is -0.140. The van der Waals surface area contributed by atoms with Crippen molar-refractivity contribution in [3.8, 4) is 0 Å². The number of carboxylic acids is 3. The first-order chi connectivity index (χ1) is 19.3. The Labute approximate surface area is 252 Å². The Morgan fingerprint density at radius 2 is 1.60 bits per heavy atom. The minimum atomic E-state index is -1.19. The molecule has 3 aliphatic rings. The quantitative estimate of drug-likeness (QED) is 0.207. The third-order valence-electron chi connectivity index (χ3n) is 8.50. The number of rotatable bonds is 7. The summed E-state index contributed by atoms with van der Waals surface area (Å²) in [5.74, 6) is -0.600. The molecule has 0 aromatic carbocycles. The molecule has 3 rings (SSSR count). The van der Waals surface area contributed by atoms with Crippen LogP contribution in [0.15, 0.2) is 35.5 Å². The summed E-state index contributed by atoms with van der Waals surface area (Å²) in [5, 5.41) is 49.9. The molecule has 0 heterocycles. The Bertz CT molecular complexity index is 924. The van der Waals surface area contributed by atoms with Crippen molar-refractivity contribution in [3.05, 3.63) is 35.5 Å². The maximum Gasteiger partial charge on any atom is 0.329 e. The largest absolute Gasteiger partial charge is 0.481 e. The van der Waals surface area contributed by atoms with Crippen molar-refractivity contribution in [2.24, 2.45) is 23.2 Å². The highest BCUT2D eigenvalue weighted by molar-refractivity contribution is 5.67. The number of hydrogen-bond donors (Lipinski definition) is 6. The van der Waals surface area contributed by atoms with Crippen LogP contribution in [0.25, 0.3) is 0 Å². The van der Waals surface area contributed by atoms with Crippen molar-refractivity contribution in [2.75, 3.05) is 6.61 Å². The van der Waals surface area contributed by atoms with E-state index in [1.807, 2.05) is 13.8 Å². The Morgan fingerprint density at radius 1 is 1.05 bits per heavy atom. The molecule has 3 fully saturated rings. The Morgan fingerprint density at radius 3 is 2.10 bits per heavy atom. The van der Waals surface area contributed by atoms with Gasteiger partial charge < -0.3 is 30.6 Å². The molecule has 9 nitrogen and oxygen atoms in total. The third kappa shape index (κ3) is 15.7. The van der Waals surface area contributed by atoms with Crippen LogP contribution in [0.1, 0.15) is 112 Å². The standard InChI is InChI=1S/C27H44O2.C2H4O3.2C2H4O2/c1-19-10-13-23(28)18-22(19)12-11-21-9-7-17-27(5)24(14-15-25(21)27)20(2)8-6-16-26(3,4)29;3-1-2(4)5;2*1-2(3)4/h11-12,20,23-25,28-29H,1,6-10,13-18H2,2-5H3;3H,1H2,(H,4,5);2*1H3,(H,3,4)/b21-11?,22-12-;;;/t20-,23+,24-,25?,27-;;;/m1.../s1. The molecule has 0 radical (unpaired) electrons. The van der Waals surface area contributed by atoms with Crippen molar-refractivity contribution in [3.63, 3.8) is 0 Å². The van der Waals surface area contributed by atoms with Crippen LogP contribution in [0.3, 0.4) is 0 Å². The topological polar surface area (TPSA) is 173 Å². The molecule has 9 heteroatoms. The van der Waals surface area contributed by atoms with Crippen molar-refractivity contribution < 1.29 is 45.0 Å². The van der Waals surface area contributed by atoms with E-state index < -0.39 is 30.1 Å². The fourth-order valence-corrected chi connectivity index (χ4v) is 6.67. The molecule has 5 atom stereocenters. The van der Waals surface area contributed by atoms with Gasteiger partial charge in [-0.05, 0) is 100 Å². The molecular weight excluding hydrogens is 540 g/mol. The molecule has 6 N–H and O–H groups in total. The van der Waals surface area contributed by atoms with Gasteiger partial charge in [0.25, 0.3) is 11.9 Å². The molecule has 0 bridgehead atoms. The number of carbonyl (C=O) groups is 3. The number of aliphatic hydroxyl groups is 3. The summed E-state index contributed by atoms with van der Waals surface area (Å²) in [6.07, 6.45) is 16.9. The zero-order chi connectivity index (χ0) is 32.7. The second-order valence-corrected chi connectivity index (χ2v) is 12.8. The van der Waals surface area contributed by atoms with Gasteiger partial charge >= 0.3 is 5.97 Å². The van der Waals surface area contributed by atoms with E-state index >= 15 is 0 Å². The van der Waals surface area contributed by atoms with Gasteiger partial charge in [-0.1, -0.05) is 56.6 Å². The maximum atomic E-state index is 10.0. The van der Waals surface area contributed by atoms with E-state index in [-0.39, 0.29) is 6.10 Å². The van der Waals surface area contributed by atoms with E-state index in [0.29, 0.717) is 5.41 Å². The van der Waals surface area contributed by atoms with Crippen LogP contribution in [0, 0.1) is 23.2 Å². The summed E-state index contributed by atoms with van der Waals surface area (Å²) in [4.78, 5) is 27.1. The van der Waals surface area contributed by atoms with Crippen LogP contribution in [-0.2, 0) is 14.4 Å². The highest BCUT2D eigenvalue weighted by Gasteiger charge is 2.50. The van der Waals surface area contributed by atoms with Crippen LogP contribution < -0.4 is 0 Å². The first-order valence-corrected chi connectivity index (χ1v) is 15.0. The van der Waals surface area contributed by atoms with Gasteiger partial charge in [0, 0.05) is 13.8 Å². The lowest BCUT2D eigenvalue weighted by Gasteiger charge is -2.44. The summed E-state index contributed by atoms with van der Waals surface area (Å²) in [6, 6.07) is 0. The van der Waals surface area contributed by atoms with E-state index in [2.05, 4.69) is 32.6 Å². The van der Waals surface area contributed by atoms with Gasteiger partial charge in [0.15, 0.2) is 0 Å². The molecule has 3 aliphatic carbocycles. The van der Waals surface area contributed by atoms with E-state index in [0.717, 1.165) is 63.7 Å². The average molecular weight is 597 g/mol. The van der Waals surface area contributed by atoms with Crippen LogP contribution in [-0.4, -0.2) is 66.9 Å². The predicted octanol–water partition coefficient (Wildman–Crippen LogP) is 5.98. The summed E-state index contributed by atoms with van der Waals surface area (Å²) < 4.78 is 0. The van der Waals surface area contributed by atoms with E-state index in [1.54, 1.807) is 5.57 Å². The fraction of sp³-hybridized carbons (Fsp3) is 0.727. The third-order valence-corrected chi connectivity index (χ3v) is 8.50. The van der Waals surface area contributed by atoms with Crippen LogP contribution >= 0.6 is 0 Å². The van der Waals surface area contributed by atoms with Crippen molar-refractivity contribution in [1.29, 1.82) is 0 Å². The van der Waals surface area contributed by atoms with Gasteiger partial charge in [0.05, 0.1) is 11.7 Å². The Hall–Kier alpha value is -2.49. The first-order valence-electron chi connectivity index (χ1n) is 15.0. The molecule has 0 saturated heterocycles. The lowest BCUT2D eigenvalue weighted by Crippen LogP contribution is -2.36. The average Bonchev–Trinajstić information content (AvgIpc) is 3.21. The smallest absolute Gasteiger partial charge is 0.329 e. The second kappa shape index (κ2) is 18.9. The van der Waals surface area contributed by atoms with Gasteiger partial charge in [0.2, 0.25) is 0 Å². The summed E-state index contributed by atoms with van der Waals surface area (Å²) in [6.45, 7) is 14.5. The minimum absolute atomic E-state index is 0.192. The van der Waals surface area contributed by atoms with Crippen LogP contribution in [0.4, 0.5) is 0 Å². The predicted molar refractivity (Wildman–Crippen MR) is 164 cm³/mol. The number of hydrogen-bond acceptors (Lipinski definition) is 6. The number of allylic oxidation sites excluding steroid dienone is 4. The van der Waals surface area contributed by atoms with E-state index in [4.69, 9.17) is 34.8 Å². The molecule has 0 amide bonds. The normalized spacial score (nSPS) is 27.7. The summed E-state index contributed by atoms with van der Waals surface area (Å²) >= 11 is 0. The highest BCUT2D eigenvalue weighted by Crippen LogP contribution is 2.60. The molecule has 42 heavy (non-hydrogen) atoms. The molecule has 0 spiro atoms. The Balaban J connectivity index is 0.00000109. The molecule has 0 aromatic heterocycles. The maximum absolute atomic E-state index is 10.0. The number of fused-ring (bicyclic) bond motifs is 1. The number of aliphatic carboxylic acids is 3. The zero-order valence-electron chi connectivity index (χ0n) is 26.6. The molecule has 0 aromatic rings. The van der Waals surface area contributed by atoms with Gasteiger partial charge in [-0.3, -0.25) is 9.59 Å². The lowest BCUT2D eigenvalue weighted by atomic mass is 9.60. The van der Waals surface area contributed by atoms with Crippen LogP contribution in [0.5, 0.6) is 0 Å². The first kappa shape index (κ1) is 39.5. The minimum Gasteiger partial charge on any atom is -0.481 e. The monoisotopic (exact) mass is 596 g/mol. The van der Waals surface area contributed by atoms with Crippen LogP contribution in [0.2, 0.25) is 0 Å². The van der Waals surface area contributed by atoms with Crippen molar-refractivity contribution >= 4 is 17.9 Å². The molecule has 242 valence electrons. The SMILES string of the molecule is C=C1CC[C@H](O)C/C1=C/C=C1CCC[C@@]2(C)C1CC[C@@H]2[C@H](C)CCCC(C)(C)O.CC(=O)O.CC(=O)O.O=C(O)CO. The zero-order valence-corrected chi connectivity index (χ0v) is 26.6. The molecule has 3 saturated carbocycles. The van der Waals surface area contributed by atoms with Crippen molar-refractivity contribution in [1.82, 2.24) is 0 Å². The van der Waals surface area contributed by atoms with E-state index in [1.165, 1.54) is 49.7 Å². The van der Waals surface area contributed by atoms with Gasteiger partial charge in [-0.25, -0.2) is 4.79 Å². The summed E-state index contributed by atoms with van der Waals surface area (Å²) in [7, 11) is 0.